The summed E-state index contributed by atoms with van der Waals surface area (Å²) in [5, 5.41) is 11.5. The van der Waals surface area contributed by atoms with Crippen molar-refractivity contribution in [1.29, 1.82) is 0 Å². The molecule has 0 aliphatic carbocycles. The van der Waals surface area contributed by atoms with Gasteiger partial charge in [0.25, 0.3) is 0 Å². The minimum atomic E-state index is 0.185. The molecule has 1 aromatic rings. The van der Waals surface area contributed by atoms with Crippen molar-refractivity contribution in [3.63, 3.8) is 0 Å². The van der Waals surface area contributed by atoms with Crippen LogP contribution in [0.5, 0.6) is 5.88 Å². The van der Waals surface area contributed by atoms with Crippen LogP contribution in [0.1, 0.15) is 6.42 Å². The third-order valence-electron chi connectivity index (χ3n) is 2.57. The molecule has 1 heterocycles. The van der Waals surface area contributed by atoms with E-state index in [4.69, 9.17) is 20.4 Å². The largest absolute Gasteiger partial charge is 0.481 e. The van der Waals surface area contributed by atoms with Crippen LogP contribution in [-0.2, 0) is 4.74 Å². The highest BCUT2D eigenvalue weighted by Crippen LogP contribution is 2.15. The maximum Gasteiger partial charge on any atom is 0.214 e. The van der Waals surface area contributed by atoms with E-state index in [1.54, 1.807) is 20.3 Å². The first-order valence-electron chi connectivity index (χ1n) is 5.92. The van der Waals surface area contributed by atoms with E-state index < -0.39 is 0 Å². The predicted molar refractivity (Wildman–Crippen MR) is 72.9 cm³/mol. The van der Waals surface area contributed by atoms with Crippen molar-refractivity contribution >= 4 is 11.7 Å². The first-order valence-corrected chi connectivity index (χ1v) is 5.92. The number of ether oxygens (including phenoxy) is 2. The molecule has 106 valence electrons. The molecule has 0 amide bonds. The molecule has 1 aromatic heterocycles. The van der Waals surface area contributed by atoms with E-state index in [2.05, 4.69) is 10.1 Å². The lowest BCUT2D eigenvalue weighted by atomic mass is 10.3. The monoisotopic (exact) mass is 268 g/mol. The van der Waals surface area contributed by atoms with E-state index in [9.17, 15) is 0 Å². The average molecular weight is 268 g/mol. The number of nitrogens with zero attached hydrogens (tertiary/aromatic N) is 3. The van der Waals surface area contributed by atoms with Crippen molar-refractivity contribution in [2.45, 2.75) is 6.42 Å². The van der Waals surface area contributed by atoms with Gasteiger partial charge >= 0.3 is 0 Å². The molecule has 0 radical (unpaired) electrons. The molecule has 1 rings (SSSR count). The van der Waals surface area contributed by atoms with Crippen LogP contribution in [0, 0.1) is 0 Å². The Morgan fingerprint density at radius 2 is 2.21 bits per heavy atom. The Labute approximate surface area is 112 Å². The van der Waals surface area contributed by atoms with Crippen LogP contribution in [0.2, 0.25) is 0 Å². The van der Waals surface area contributed by atoms with Crippen LogP contribution >= 0.6 is 0 Å². The Bertz CT molecular complexity index is 412. The highest BCUT2D eigenvalue weighted by molar-refractivity contribution is 5.80. The van der Waals surface area contributed by atoms with E-state index in [1.165, 1.54) is 0 Å². The molecule has 0 unspecified atom stereocenters. The molecule has 7 heteroatoms. The highest BCUT2D eigenvalue weighted by Gasteiger charge is 2.09. The summed E-state index contributed by atoms with van der Waals surface area (Å²) in [7, 11) is 3.21. The van der Waals surface area contributed by atoms with Crippen molar-refractivity contribution in [2.75, 3.05) is 38.8 Å². The van der Waals surface area contributed by atoms with E-state index in [0.717, 1.165) is 5.82 Å². The Kier molecular flexibility index (Phi) is 6.45. The van der Waals surface area contributed by atoms with Gasteiger partial charge in [-0.15, -0.1) is 0 Å². The zero-order valence-electron chi connectivity index (χ0n) is 11.2. The molecule has 0 saturated heterocycles. The summed E-state index contributed by atoms with van der Waals surface area (Å²) in [6, 6.07) is 5.52. The number of methoxy groups -OCH3 is 2. The molecular formula is C12H20N4O3. The number of hydrogen-bond acceptors (Lipinski definition) is 6. The predicted octanol–water partition coefficient (Wildman–Crippen LogP) is 0.680. The zero-order chi connectivity index (χ0) is 14.1. The topological polar surface area (TPSA) is 93.2 Å². The first kappa shape index (κ1) is 15.0. The molecule has 0 fully saturated rings. The van der Waals surface area contributed by atoms with Gasteiger partial charge in [0.1, 0.15) is 11.7 Å². The van der Waals surface area contributed by atoms with Crippen molar-refractivity contribution in [3.8, 4) is 5.88 Å². The number of oxime groups is 1. The Hall–Kier alpha value is -2.02. The molecule has 7 nitrogen and oxygen atoms in total. The quantitative estimate of drug-likeness (QED) is 0.312. The van der Waals surface area contributed by atoms with Crippen molar-refractivity contribution in [3.05, 3.63) is 18.2 Å². The van der Waals surface area contributed by atoms with Gasteiger partial charge in [-0.1, -0.05) is 11.2 Å². The lowest BCUT2D eigenvalue weighted by Crippen LogP contribution is -2.31. The fraction of sp³-hybridized carbons (Fsp3) is 0.500. The van der Waals surface area contributed by atoms with Gasteiger partial charge in [-0.2, -0.15) is 4.98 Å². The summed E-state index contributed by atoms with van der Waals surface area (Å²) >= 11 is 0. The number of amidine groups is 1. The van der Waals surface area contributed by atoms with Gasteiger partial charge in [-0.05, 0) is 6.07 Å². The summed E-state index contributed by atoms with van der Waals surface area (Å²) in [5.74, 6) is 1.50. The third-order valence-corrected chi connectivity index (χ3v) is 2.57. The van der Waals surface area contributed by atoms with Crippen LogP contribution in [0.25, 0.3) is 0 Å². The minimum Gasteiger partial charge on any atom is -0.481 e. The maximum atomic E-state index is 8.56. The van der Waals surface area contributed by atoms with Gasteiger partial charge < -0.3 is 25.3 Å². The number of aromatic nitrogens is 1. The molecule has 0 aromatic carbocycles. The molecule has 0 aliphatic heterocycles. The van der Waals surface area contributed by atoms with Gasteiger partial charge in [0, 0.05) is 32.7 Å². The average Bonchev–Trinajstić information content (AvgIpc) is 2.47. The Morgan fingerprint density at radius 1 is 1.42 bits per heavy atom. The van der Waals surface area contributed by atoms with Gasteiger partial charge in [0.05, 0.1) is 13.7 Å². The molecule has 0 spiro atoms. The highest BCUT2D eigenvalue weighted by atomic mass is 16.5. The van der Waals surface area contributed by atoms with Crippen LogP contribution < -0.4 is 15.4 Å². The molecule has 0 saturated carbocycles. The minimum absolute atomic E-state index is 0.185. The third kappa shape index (κ3) is 5.01. The number of rotatable bonds is 8. The van der Waals surface area contributed by atoms with Crippen molar-refractivity contribution < 1.29 is 14.7 Å². The molecule has 3 N–H and O–H groups in total. The summed E-state index contributed by atoms with van der Waals surface area (Å²) in [6.45, 7) is 1.81. The molecule has 0 bridgehead atoms. The van der Waals surface area contributed by atoms with Crippen LogP contribution in [0.4, 0.5) is 5.82 Å². The second kappa shape index (κ2) is 8.15. The van der Waals surface area contributed by atoms with E-state index in [1.807, 2.05) is 17.0 Å². The molecule has 0 aliphatic rings. The van der Waals surface area contributed by atoms with Crippen LogP contribution in [0.15, 0.2) is 23.4 Å². The van der Waals surface area contributed by atoms with E-state index in [-0.39, 0.29) is 5.84 Å². The summed E-state index contributed by atoms with van der Waals surface area (Å²) in [5.41, 5.74) is 5.48. The van der Waals surface area contributed by atoms with Crippen LogP contribution in [0.3, 0.4) is 0 Å². The molecule has 0 atom stereocenters. The summed E-state index contributed by atoms with van der Waals surface area (Å²) in [6.07, 6.45) is 0.444. The first-order chi connectivity index (χ1) is 9.21. The lowest BCUT2D eigenvalue weighted by molar-refractivity contribution is 0.205. The number of pyridine rings is 1. The number of nitrogens with two attached hydrogens (primary N) is 1. The zero-order valence-corrected chi connectivity index (χ0v) is 11.2. The van der Waals surface area contributed by atoms with E-state index >= 15 is 0 Å². The lowest BCUT2D eigenvalue weighted by Gasteiger charge is -2.23. The normalized spacial score (nSPS) is 11.4. The second-order valence-corrected chi connectivity index (χ2v) is 3.86. The second-order valence-electron chi connectivity index (χ2n) is 3.86. The maximum absolute atomic E-state index is 8.56. The fourth-order valence-corrected chi connectivity index (χ4v) is 1.54. The van der Waals surface area contributed by atoms with Gasteiger partial charge in [-0.3, -0.25) is 0 Å². The molecular weight excluding hydrogens is 248 g/mol. The smallest absolute Gasteiger partial charge is 0.214 e. The van der Waals surface area contributed by atoms with Crippen LogP contribution in [-0.4, -0.2) is 49.9 Å². The van der Waals surface area contributed by atoms with Gasteiger partial charge in [0.15, 0.2) is 0 Å². The van der Waals surface area contributed by atoms with E-state index in [0.29, 0.717) is 32.0 Å². The SMILES string of the molecule is COCCN(CCC(N)=NO)c1cccc(OC)n1. The number of anilines is 1. The van der Waals surface area contributed by atoms with Gasteiger partial charge in [-0.25, -0.2) is 0 Å². The standard InChI is InChI=1S/C12H20N4O3/c1-18-9-8-16(7-6-10(13)15-17)11-4-3-5-12(14-11)19-2/h3-5,17H,6-9H2,1-2H3,(H2,13,15). The number of hydrogen-bond donors (Lipinski definition) is 2. The fourth-order valence-electron chi connectivity index (χ4n) is 1.54. The summed E-state index contributed by atoms with van der Waals surface area (Å²) < 4.78 is 10.2. The Morgan fingerprint density at radius 3 is 2.84 bits per heavy atom. The van der Waals surface area contributed by atoms with Gasteiger partial charge in [0.2, 0.25) is 5.88 Å². The summed E-state index contributed by atoms with van der Waals surface area (Å²) in [4.78, 5) is 6.34. The Balaban J connectivity index is 2.76. The van der Waals surface area contributed by atoms with Crippen molar-refractivity contribution in [1.82, 2.24) is 4.98 Å². The van der Waals surface area contributed by atoms with Crippen molar-refractivity contribution in [2.24, 2.45) is 10.9 Å². The molecule has 19 heavy (non-hydrogen) atoms.